The maximum Gasteiger partial charge on any atom is 0.326 e. The summed E-state index contributed by atoms with van der Waals surface area (Å²) in [7, 11) is 0. The van der Waals surface area contributed by atoms with Crippen LogP contribution in [0.25, 0.3) is 10.9 Å². The van der Waals surface area contributed by atoms with E-state index in [0.717, 1.165) is 15.8 Å². The zero-order chi connectivity index (χ0) is 75.1. The number of primary amides is 2. The second kappa shape index (κ2) is 42.1. The number of guanidine groups is 1. The number of aliphatic carboxylic acids is 3. The van der Waals surface area contributed by atoms with Crippen LogP contribution in [0.1, 0.15) is 150 Å². The summed E-state index contributed by atoms with van der Waals surface area (Å²) in [6.07, 6.45) is -2.33. The van der Waals surface area contributed by atoms with Crippen LogP contribution in [0.15, 0.2) is 35.5 Å². The maximum atomic E-state index is 14.5. The van der Waals surface area contributed by atoms with Gasteiger partial charge in [-0.2, -0.15) is 0 Å². The van der Waals surface area contributed by atoms with Crippen molar-refractivity contribution in [1.82, 2.24) is 57.7 Å². The molecular weight excluding hydrogens is 1310 g/mol. The van der Waals surface area contributed by atoms with Gasteiger partial charge in [0.1, 0.15) is 60.4 Å². The van der Waals surface area contributed by atoms with Gasteiger partial charge in [-0.15, -0.1) is 0 Å². The topological polar surface area (TPSA) is 613 Å². The van der Waals surface area contributed by atoms with Crippen molar-refractivity contribution in [2.75, 3.05) is 19.6 Å². The predicted octanol–water partition coefficient (Wildman–Crippen LogP) is -3.72. The van der Waals surface area contributed by atoms with Crippen LogP contribution in [-0.2, 0) is 78.3 Å². The van der Waals surface area contributed by atoms with Crippen molar-refractivity contribution in [3.8, 4) is 0 Å². The van der Waals surface area contributed by atoms with Crippen molar-refractivity contribution >= 4 is 106 Å². The normalized spacial score (nSPS) is 15.8. The fraction of sp³-hybridized carbons (Fsp3) is 0.625. The number of para-hydroxylation sites is 1. The summed E-state index contributed by atoms with van der Waals surface area (Å²) in [5, 5.41) is 52.9. The molecule has 556 valence electrons. The molecule has 25 N–H and O–H groups in total. The van der Waals surface area contributed by atoms with Crippen molar-refractivity contribution in [3.63, 3.8) is 0 Å². The Kier molecular flexibility index (Phi) is 35.4. The quantitative estimate of drug-likeness (QED) is 0.0172. The van der Waals surface area contributed by atoms with E-state index < -0.39 is 181 Å². The summed E-state index contributed by atoms with van der Waals surface area (Å²) in [6, 6.07) is -9.88. The number of nitrogens with two attached hydrogens (primary N) is 6. The average molecular weight is 1410 g/mol. The second-order valence-electron chi connectivity index (χ2n) is 26.1. The zero-order valence-electron chi connectivity index (χ0n) is 57.4. The monoisotopic (exact) mass is 1410 g/mol. The Balaban J connectivity index is 1.93. The van der Waals surface area contributed by atoms with Crippen molar-refractivity contribution in [1.29, 1.82) is 0 Å². The van der Waals surface area contributed by atoms with Gasteiger partial charge in [0.05, 0.1) is 18.9 Å². The Morgan fingerprint density at radius 2 is 1.00 bits per heavy atom. The molecule has 1 aromatic carbocycles. The minimum Gasteiger partial charge on any atom is -0.481 e. The second-order valence-corrected chi connectivity index (χ2v) is 26.1. The number of carboxylic acids is 3. The van der Waals surface area contributed by atoms with Gasteiger partial charge in [0.25, 0.3) is 0 Å². The van der Waals surface area contributed by atoms with Crippen LogP contribution in [-0.4, -0.2) is 206 Å². The number of hydrogen-bond donors (Lipinski definition) is 19. The summed E-state index contributed by atoms with van der Waals surface area (Å²) in [6.45, 7) is 10.4. The summed E-state index contributed by atoms with van der Waals surface area (Å²) >= 11 is 0. The summed E-state index contributed by atoms with van der Waals surface area (Å²) in [5.74, 6) is -17.4. The Bertz CT molecular complexity index is 3230. The van der Waals surface area contributed by atoms with Crippen LogP contribution < -0.4 is 82.3 Å². The number of aliphatic imine (C=N–C) groups is 1. The number of aromatic nitrogens is 1. The fourth-order valence-electron chi connectivity index (χ4n) is 11.1. The summed E-state index contributed by atoms with van der Waals surface area (Å²) < 4.78 is 0. The molecule has 11 atom stereocenters. The first-order valence-electron chi connectivity index (χ1n) is 33.3. The molecule has 1 aliphatic rings. The molecule has 12 amide bonds. The lowest BCUT2D eigenvalue weighted by Crippen LogP contribution is -2.61. The van der Waals surface area contributed by atoms with Gasteiger partial charge in [0.15, 0.2) is 5.96 Å². The number of benzene rings is 1. The molecule has 36 nitrogen and oxygen atoms in total. The largest absolute Gasteiger partial charge is 0.481 e. The third kappa shape index (κ3) is 29.6. The van der Waals surface area contributed by atoms with E-state index in [1.807, 2.05) is 13.8 Å². The number of nitrogens with one attached hydrogen (secondary N) is 10. The van der Waals surface area contributed by atoms with Gasteiger partial charge in [-0.05, 0) is 113 Å². The number of carboxylic acid groups (broad SMARTS) is 3. The number of H-pyrrole nitrogens is 1. The molecule has 0 aliphatic carbocycles. The van der Waals surface area contributed by atoms with Crippen LogP contribution in [0.2, 0.25) is 0 Å². The highest BCUT2D eigenvalue weighted by Crippen LogP contribution is 2.22. The first-order valence-corrected chi connectivity index (χ1v) is 33.3. The molecule has 2 heterocycles. The van der Waals surface area contributed by atoms with E-state index in [-0.39, 0.29) is 120 Å². The lowest BCUT2D eigenvalue weighted by Gasteiger charge is -2.31. The Morgan fingerprint density at radius 1 is 0.530 bits per heavy atom. The summed E-state index contributed by atoms with van der Waals surface area (Å²) in [5.41, 5.74) is 35.1. The van der Waals surface area contributed by atoms with Gasteiger partial charge >= 0.3 is 17.9 Å². The number of hydrogen-bond acceptors (Lipinski definition) is 18. The first kappa shape index (κ1) is 84.2. The van der Waals surface area contributed by atoms with E-state index in [1.54, 1.807) is 58.2 Å². The Labute approximate surface area is 578 Å². The highest BCUT2D eigenvalue weighted by molar-refractivity contribution is 6.01. The van der Waals surface area contributed by atoms with Crippen molar-refractivity contribution < 1.29 is 87.2 Å². The standard InChI is InChI=1S/C64H102N18O18/c1-32(2)25-37(66)53(89)73-41(18-20-49(67)83)56(92)78-43(26-33(3)4)58(94)80-46(29-50(68)84)62(98)82-24-12-17-48(82)61(97)76-40(16-11-23-71-64(69)70)54(90)75-42(19-21-51(85)86)57(93)79-45(30-52(87)88)60(96)74-39(15-9-10-22-65)55(91)77-44(27-34(5)6)59(95)81-47(63(99)100)28-35-31-72-38-14-8-7-13-36(35)38/h7-8,13-14,31-34,37,39-48,72H,9-12,15-30,65-66H2,1-6H3,(H2,67,83)(H2,68,84)(H,73,89)(H,74,96)(H,75,90)(H,76,97)(H,77,91)(H,78,92)(H,79,93)(H,80,94)(H,81,95)(H,85,86)(H,87,88)(H,99,100)(H4,69,70,71)/t37-,39-,40-,41-,42-,43-,44-,45-,46-,47-,48-/m0/s1. The highest BCUT2D eigenvalue weighted by Gasteiger charge is 2.42. The zero-order valence-corrected chi connectivity index (χ0v) is 57.4. The van der Waals surface area contributed by atoms with Gasteiger partial charge in [-0.25, -0.2) is 4.79 Å². The minimum absolute atomic E-state index is 0.00401. The van der Waals surface area contributed by atoms with Crippen LogP contribution in [0.4, 0.5) is 0 Å². The number of carbonyl (C=O) groups is 15. The number of amides is 12. The average Bonchev–Trinajstić information content (AvgIpc) is 1.62. The molecule has 1 aliphatic heterocycles. The van der Waals surface area contributed by atoms with E-state index in [1.165, 1.54) is 0 Å². The molecule has 100 heavy (non-hydrogen) atoms. The van der Waals surface area contributed by atoms with Crippen molar-refractivity contribution in [2.45, 2.75) is 217 Å². The van der Waals surface area contributed by atoms with Gasteiger partial charge in [-0.1, -0.05) is 59.7 Å². The minimum atomic E-state index is -2.04. The fourth-order valence-corrected chi connectivity index (χ4v) is 11.1. The predicted molar refractivity (Wildman–Crippen MR) is 362 cm³/mol. The number of carbonyl (C=O) groups excluding carboxylic acids is 12. The molecule has 3 rings (SSSR count). The van der Waals surface area contributed by atoms with E-state index in [9.17, 15) is 87.2 Å². The van der Waals surface area contributed by atoms with E-state index >= 15 is 0 Å². The number of unbranched alkanes of at least 4 members (excludes halogenated alkanes) is 1. The summed E-state index contributed by atoms with van der Waals surface area (Å²) in [4.78, 5) is 211. The van der Waals surface area contributed by atoms with E-state index in [0.29, 0.717) is 12.0 Å². The van der Waals surface area contributed by atoms with Gasteiger partial charge in [0, 0.05) is 49.5 Å². The Morgan fingerprint density at radius 3 is 1.51 bits per heavy atom. The third-order valence-electron chi connectivity index (χ3n) is 16.1. The molecule has 2 aromatic rings. The van der Waals surface area contributed by atoms with Crippen molar-refractivity contribution in [2.24, 2.45) is 57.1 Å². The molecule has 1 aromatic heterocycles. The number of fused-ring (bicyclic) bond motifs is 1. The molecule has 0 spiro atoms. The maximum absolute atomic E-state index is 14.5. The molecule has 0 radical (unpaired) electrons. The molecule has 0 unspecified atom stereocenters. The van der Waals surface area contributed by atoms with Crippen LogP contribution in [0.3, 0.4) is 0 Å². The SMILES string of the molecule is CC(C)C[C@H](NC(=O)[C@H](CCCCN)NC(=O)[C@H](CC(=O)O)NC(=O)[C@H](CCC(=O)O)NC(=O)[C@H](CCCN=C(N)N)NC(=O)[C@@H]1CCCN1C(=O)[C@H](CC(N)=O)NC(=O)[C@H](CC(C)C)NC(=O)[C@H](CCC(N)=O)NC(=O)[C@@H](N)CC(C)C)C(=O)N[C@@H](Cc1c[nH]c2ccccc12)C(=O)O. The molecule has 1 fully saturated rings. The number of nitrogens with zero attached hydrogens (tertiary/aromatic N) is 2. The molecule has 0 bridgehead atoms. The van der Waals surface area contributed by atoms with Crippen LogP contribution in [0, 0.1) is 17.8 Å². The first-order chi connectivity index (χ1) is 47.0. The van der Waals surface area contributed by atoms with Gasteiger partial charge < -0.3 is 107 Å². The highest BCUT2D eigenvalue weighted by atomic mass is 16.4. The Hall–Kier alpha value is -10.0. The molecule has 36 heteroatoms. The van der Waals surface area contributed by atoms with E-state index in [2.05, 4.69) is 57.8 Å². The lowest BCUT2D eigenvalue weighted by atomic mass is 10.00. The van der Waals surface area contributed by atoms with Crippen molar-refractivity contribution in [3.05, 3.63) is 36.0 Å². The number of likely N-dealkylation sites (tertiary alicyclic amines) is 1. The lowest BCUT2D eigenvalue weighted by molar-refractivity contribution is -0.143. The third-order valence-corrected chi connectivity index (χ3v) is 16.1. The smallest absolute Gasteiger partial charge is 0.326 e. The van der Waals surface area contributed by atoms with Gasteiger partial charge in [0.2, 0.25) is 70.9 Å². The van der Waals surface area contributed by atoms with Crippen LogP contribution >= 0.6 is 0 Å². The van der Waals surface area contributed by atoms with Crippen LogP contribution in [0.5, 0.6) is 0 Å². The van der Waals surface area contributed by atoms with Gasteiger partial charge in [-0.3, -0.25) is 72.1 Å². The number of rotatable bonds is 46. The molecular formula is C64H102N18O18. The molecule has 1 saturated heterocycles. The number of aromatic amines is 1. The molecule has 0 saturated carbocycles. The van der Waals surface area contributed by atoms with E-state index in [4.69, 9.17) is 34.4 Å².